The van der Waals surface area contributed by atoms with Crippen LogP contribution in [0.2, 0.25) is 0 Å². The SMILES string of the molecule is COc1ccc([C@@H]2CCCN2C(=O)CCn2c(-c3cccc(C)c3)n[nH]c2=S)cc1. The van der Waals surface area contributed by atoms with E-state index in [0.717, 1.165) is 47.7 Å². The second kappa shape index (κ2) is 8.83. The largest absolute Gasteiger partial charge is 0.497 e. The summed E-state index contributed by atoms with van der Waals surface area (Å²) in [6.07, 6.45) is 2.39. The van der Waals surface area contributed by atoms with Gasteiger partial charge in [0.15, 0.2) is 10.6 Å². The molecule has 0 unspecified atom stereocenters. The molecule has 1 saturated heterocycles. The number of nitrogens with zero attached hydrogens (tertiary/aromatic N) is 3. The smallest absolute Gasteiger partial charge is 0.224 e. The van der Waals surface area contributed by atoms with E-state index in [1.807, 2.05) is 46.7 Å². The van der Waals surface area contributed by atoms with Gasteiger partial charge < -0.3 is 9.64 Å². The molecule has 6 nitrogen and oxygen atoms in total. The summed E-state index contributed by atoms with van der Waals surface area (Å²) in [4.78, 5) is 15.1. The molecule has 2 aromatic carbocycles. The van der Waals surface area contributed by atoms with Gasteiger partial charge in [0.1, 0.15) is 5.75 Å². The summed E-state index contributed by atoms with van der Waals surface area (Å²) in [5.41, 5.74) is 3.30. The van der Waals surface area contributed by atoms with Crippen LogP contribution in [0.15, 0.2) is 48.5 Å². The van der Waals surface area contributed by atoms with E-state index < -0.39 is 0 Å². The summed E-state index contributed by atoms with van der Waals surface area (Å²) < 4.78 is 7.70. The van der Waals surface area contributed by atoms with Crippen molar-refractivity contribution in [1.82, 2.24) is 19.7 Å². The Morgan fingerprint density at radius 2 is 2.07 bits per heavy atom. The molecule has 1 aromatic heterocycles. The van der Waals surface area contributed by atoms with Gasteiger partial charge in [-0.05, 0) is 55.7 Å². The van der Waals surface area contributed by atoms with Crippen molar-refractivity contribution in [2.45, 2.75) is 38.8 Å². The summed E-state index contributed by atoms with van der Waals surface area (Å²) >= 11 is 5.42. The van der Waals surface area contributed by atoms with Gasteiger partial charge in [-0.25, -0.2) is 0 Å². The zero-order chi connectivity index (χ0) is 21.1. The van der Waals surface area contributed by atoms with E-state index >= 15 is 0 Å². The number of nitrogens with one attached hydrogen (secondary N) is 1. The number of aryl methyl sites for hydroxylation is 1. The average Bonchev–Trinajstić information content (AvgIpc) is 3.39. The van der Waals surface area contributed by atoms with Gasteiger partial charge in [0.2, 0.25) is 5.91 Å². The van der Waals surface area contributed by atoms with E-state index in [9.17, 15) is 4.79 Å². The predicted octanol–water partition coefficient (Wildman–Crippen LogP) is 4.68. The number of amides is 1. The van der Waals surface area contributed by atoms with Crippen molar-refractivity contribution >= 4 is 18.1 Å². The molecule has 1 atom stereocenters. The molecular weight excluding hydrogens is 396 g/mol. The van der Waals surface area contributed by atoms with Gasteiger partial charge >= 0.3 is 0 Å². The lowest BCUT2D eigenvalue weighted by molar-refractivity contribution is -0.132. The molecule has 3 aromatic rings. The lowest BCUT2D eigenvalue weighted by atomic mass is 10.0. The summed E-state index contributed by atoms with van der Waals surface area (Å²) in [5, 5.41) is 7.26. The number of aromatic amines is 1. The maximum Gasteiger partial charge on any atom is 0.224 e. The summed E-state index contributed by atoms with van der Waals surface area (Å²) in [6.45, 7) is 3.34. The fourth-order valence-electron chi connectivity index (χ4n) is 4.12. The molecular formula is C23H26N4O2S. The second-order valence-electron chi connectivity index (χ2n) is 7.64. The van der Waals surface area contributed by atoms with Gasteiger partial charge in [0.05, 0.1) is 13.2 Å². The van der Waals surface area contributed by atoms with Gasteiger partial charge in [-0.2, -0.15) is 5.10 Å². The normalized spacial score (nSPS) is 16.1. The second-order valence-corrected chi connectivity index (χ2v) is 8.03. The maximum atomic E-state index is 13.1. The Hall–Kier alpha value is -2.93. The highest BCUT2D eigenvalue weighted by atomic mass is 32.1. The third kappa shape index (κ3) is 4.16. The number of hydrogen-bond donors (Lipinski definition) is 1. The number of H-pyrrole nitrogens is 1. The first kappa shape index (κ1) is 20.3. The van der Waals surface area contributed by atoms with Crippen LogP contribution in [0.3, 0.4) is 0 Å². The van der Waals surface area contributed by atoms with Gasteiger partial charge in [-0.3, -0.25) is 14.5 Å². The Labute approximate surface area is 181 Å². The van der Waals surface area contributed by atoms with Crippen LogP contribution in [0.25, 0.3) is 11.4 Å². The van der Waals surface area contributed by atoms with Crippen molar-refractivity contribution in [3.05, 3.63) is 64.4 Å². The monoisotopic (exact) mass is 422 g/mol. The van der Waals surface area contributed by atoms with E-state index in [1.54, 1.807) is 7.11 Å². The zero-order valence-electron chi connectivity index (χ0n) is 17.3. The van der Waals surface area contributed by atoms with Crippen LogP contribution in [0.1, 0.15) is 36.4 Å². The first-order valence-corrected chi connectivity index (χ1v) is 10.6. The van der Waals surface area contributed by atoms with Crippen molar-refractivity contribution in [2.75, 3.05) is 13.7 Å². The number of methoxy groups -OCH3 is 1. The van der Waals surface area contributed by atoms with Crippen LogP contribution in [-0.4, -0.2) is 39.2 Å². The topological polar surface area (TPSA) is 63.1 Å². The number of ether oxygens (including phenoxy) is 1. The van der Waals surface area contributed by atoms with Crippen LogP contribution >= 0.6 is 12.2 Å². The standard InChI is InChI=1S/C23H26N4O2S/c1-16-5-3-6-18(15-16)22-24-25-23(30)27(22)14-12-21(28)26-13-4-7-20(26)17-8-10-19(29-2)11-9-17/h3,5-6,8-11,15,20H,4,7,12-14H2,1-2H3,(H,25,30)/t20-/m0/s1. The van der Waals surface area contributed by atoms with Crippen molar-refractivity contribution in [3.63, 3.8) is 0 Å². The van der Waals surface area contributed by atoms with E-state index in [-0.39, 0.29) is 11.9 Å². The molecule has 1 amide bonds. The summed E-state index contributed by atoms with van der Waals surface area (Å²) in [5.74, 6) is 1.74. The van der Waals surface area contributed by atoms with Crippen LogP contribution in [0, 0.1) is 11.7 Å². The van der Waals surface area contributed by atoms with Gasteiger partial charge in [-0.1, -0.05) is 35.9 Å². The molecule has 4 rings (SSSR count). The average molecular weight is 423 g/mol. The number of carbonyl (C=O) groups is 1. The minimum Gasteiger partial charge on any atom is -0.497 e. The minimum atomic E-state index is 0.122. The highest BCUT2D eigenvalue weighted by molar-refractivity contribution is 7.71. The van der Waals surface area contributed by atoms with E-state index in [0.29, 0.717) is 17.7 Å². The Morgan fingerprint density at radius 1 is 1.27 bits per heavy atom. The minimum absolute atomic E-state index is 0.122. The molecule has 0 radical (unpaired) electrons. The van der Waals surface area contributed by atoms with E-state index in [2.05, 4.69) is 28.4 Å². The highest BCUT2D eigenvalue weighted by Crippen LogP contribution is 2.33. The van der Waals surface area contributed by atoms with Crippen molar-refractivity contribution in [3.8, 4) is 17.1 Å². The first-order chi connectivity index (χ1) is 14.6. The molecule has 1 aliphatic rings. The van der Waals surface area contributed by atoms with Gasteiger partial charge in [0.25, 0.3) is 0 Å². The molecule has 156 valence electrons. The summed E-state index contributed by atoms with van der Waals surface area (Å²) in [6, 6.07) is 16.3. The zero-order valence-corrected chi connectivity index (χ0v) is 18.1. The number of hydrogen-bond acceptors (Lipinski definition) is 4. The van der Waals surface area contributed by atoms with Gasteiger partial charge in [-0.15, -0.1) is 0 Å². The molecule has 0 aliphatic carbocycles. The highest BCUT2D eigenvalue weighted by Gasteiger charge is 2.29. The van der Waals surface area contributed by atoms with Crippen molar-refractivity contribution in [1.29, 1.82) is 0 Å². The number of likely N-dealkylation sites (tertiary alicyclic amines) is 1. The quantitative estimate of drug-likeness (QED) is 0.586. The van der Waals surface area contributed by atoms with E-state index in [4.69, 9.17) is 17.0 Å². The fourth-order valence-corrected chi connectivity index (χ4v) is 4.34. The lowest BCUT2D eigenvalue weighted by Crippen LogP contribution is -2.31. The molecule has 0 bridgehead atoms. The molecule has 1 aliphatic heterocycles. The van der Waals surface area contributed by atoms with Crippen LogP contribution in [-0.2, 0) is 11.3 Å². The van der Waals surface area contributed by atoms with Crippen LogP contribution in [0.5, 0.6) is 5.75 Å². The maximum absolute atomic E-state index is 13.1. The number of aromatic nitrogens is 3. The lowest BCUT2D eigenvalue weighted by Gasteiger charge is -2.25. The van der Waals surface area contributed by atoms with E-state index in [1.165, 1.54) is 0 Å². The molecule has 1 N–H and O–H groups in total. The Kier molecular flexibility index (Phi) is 5.99. The van der Waals surface area contributed by atoms with Gasteiger partial charge in [0, 0.05) is 25.1 Å². The van der Waals surface area contributed by atoms with Crippen LogP contribution in [0.4, 0.5) is 0 Å². The molecule has 0 spiro atoms. The molecule has 0 saturated carbocycles. The van der Waals surface area contributed by atoms with Crippen LogP contribution < -0.4 is 4.74 Å². The molecule has 1 fully saturated rings. The third-order valence-electron chi connectivity index (χ3n) is 5.66. The molecule has 30 heavy (non-hydrogen) atoms. The van der Waals surface area contributed by atoms with Crippen molar-refractivity contribution in [2.24, 2.45) is 0 Å². The predicted molar refractivity (Wildman–Crippen MR) is 119 cm³/mol. The third-order valence-corrected chi connectivity index (χ3v) is 5.97. The fraction of sp³-hybridized carbons (Fsp3) is 0.348. The summed E-state index contributed by atoms with van der Waals surface area (Å²) in [7, 11) is 1.66. The first-order valence-electron chi connectivity index (χ1n) is 10.2. The number of benzene rings is 2. The molecule has 7 heteroatoms. The Balaban J connectivity index is 1.48. The van der Waals surface area contributed by atoms with Crippen molar-refractivity contribution < 1.29 is 9.53 Å². The number of carbonyl (C=O) groups excluding carboxylic acids is 1. The Morgan fingerprint density at radius 3 is 2.80 bits per heavy atom. The number of rotatable bonds is 6. The molecule has 2 heterocycles. The Bertz CT molecular complexity index is 1090.